The van der Waals surface area contributed by atoms with Gasteiger partial charge in [-0.3, -0.25) is 14.7 Å². The van der Waals surface area contributed by atoms with Gasteiger partial charge < -0.3 is 13.9 Å². The molecule has 1 aliphatic heterocycles. The summed E-state index contributed by atoms with van der Waals surface area (Å²) in [5, 5.41) is 10.1. The maximum Gasteiger partial charge on any atom is 0.267 e. The van der Waals surface area contributed by atoms with Crippen LogP contribution in [-0.2, 0) is 17.9 Å². The van der Waals surface area contributed by atoms with Crippen LogP contribution in [0.15, 0.2) is 98.8 Å². The summed E-state index contributed by atoms with van der Waals surface area (Å²) in [6.07, 6.45) is 8.29. The molecule has 5 rings (SSSR count). The molecule has 0 N–H and O–H groups in total. The lowest BCUT2D eigenvalue weighted by Crippen LogP contribution is -2.28. The molecule has 0 saturated carbocycles. The van der Waals surface area contributed by atoms with Gasteiger partial charge in [0.05, 0.1) is 31.0 Å². The third kappa shape index (κ3) is 6.74. The van der Waals surface area contributed by atoms with Crippen molar-refractivity contribution in [3.63, 3.8) is 0 Å². The number of rotatable bonds is 9. The topological polar surface area (TPSA) is 89.5 Å². The van der Waals surface area contributed by atoms with E-state index in [-0.39, 0.29) is 19.1 Å². The number of benzene rings is 2. The van der Waals surface area contributed by atoms with Gasteiger partial charge in [-0.05, 0) is 77.5 Å². The fourth-order valence-electron chi connectivity index (χ4n) is 3.72. The van der Waals surface area contributed by atoms with Gasteiger partial charge in [0.15, 0.2) is 16.7 Å². The number of furan rings is 1. The summed E-state index contributed by atoms with van der Waals surface area (Å²) in [4.78, 5) is 19.4. The molecule has 2 aromatic heterocycles. The maximum atomic E-state index is 13.2. The molecule has 0 aliphatic carbocycles. The van der Waals surface area contributed by atoms with Gasteiger partial charge in [-0.15, -0.1) is 5.10 Å². The summed E-state index contributed by atoms with van der Waals surface area (Å²) < 4.78 is 16.9. The molecule has 40 heavy (non-hydrogen) atoms. The van der Waals surface area contributed by atoms with Gasteiger partial charge in [-0.1, -0.05) is 35.3 Å². The van der Waals surface area contributed by atoms with E-state index in [1.807, 2.05) is 24.3 Å². The van der Waals surface area contributed by atoms with Crippen LogP contribution in [-0.4, -0.2) is 34.3 Å². The summed E-state index contributed by atoms with van der Waals surface area (Å²) in [5.74, 6) is 1.51. The van der Waals surface area contributed by atoms with Gasteiger partial charge in [-0.25, -0.2) is 0 Å². The summed E-state index contributed by atoms with van der Waals surface area (Å²) in [7, 11) is 1.56. The number of methoxy groups -OCH3 is 1. The Labute approximate surface area is 244 Å². The minimum absolute atomic E-state index is 0.192. The fourth-order valence-corrected chi connectivity index (χ4v) is 5.11. The molecule has 2 aromatic carbocycles. The van der Waals surface area contributed by atoms with Crippen LogP contribution in [0.2, 0.25) is 10.0 Å². The van der Waals surface area contributed by atoms with Gasteiger partial charge in [0.2, 0.25) is 0 Å². The van der Waals surface area contributed by atoms with E-state index in [0.717, 1.165) is 16.7 Å². The second kappa shape index (κ2) is 12.9. The number of hydrogen-bond donors (Lipinski definition) is 0. The number of thioether (sulfide) groups is 1. The quantitative estimate of drug-likeness (QED) is 0.117. The Balaban J connectivity index is 1.33. The molecule has 8 nitrogen and oxygen atoms in total. The van der Waals surface area contributed by atoms with Crippen LogP contribution in [0.25, 0.3) is 6.08 Å². The lowest BCUT2D eigenvalue weighted by Gasteiger charge is -2.13. The average Bonchev–Trinajstić information content (AvgIpc) is 3.58. The SMILES string of the molecule is COc1cc(/C=N/N=C2\S/C(=C\c3cccnc3)C(=O)N2Cc2ccco2)ccc1OCc1ccc(Cl)cc1Cl. The van der Waals surface area contributed by atoms with Crippen LogP contribution in [0.5, 0.6) is 11.5 Å². The Hall–Kier alpha value is -4.05. The molecule has 202 valence electrons. The first kappa shape index (κ1) is 27.5. The van der Waals surface area contributed by atoms with Gasteiger partial charge in [0.1, 0.15) is 12.4 Å². The Bertz CT molecular complexity index is 1590. The molecule has 1 fully saturated rings. The number of nitrogens with zero attached hydrogens (tertiary/aromatic N) is 4. The standard InChI is InChI=1S/C29H22Cl2N4O4S/c1-37-26-12-20(6-9-25(26)39-18-21-7-8-22(30)14-24(21)31)16-33-34-29-35(17-23-5-3-11-38-23)28(36)27(40-29)13-19-4-2-10-32-15-19/h2-16H,17-18H2,1H3/b27-13-,33-16+,34-29-. The first-order chi connectivity index (χ1) is 19.5. The number of carbonyl (C=O) groups is 1. The van der Waals surface area contributed by atoms with Crippen LogP contribution < -0.4 is 9.47 Å². The molecule has 4 aromatic rings. The van der Waals surface area contributed by atoms with Crippen molar-refractivity contribution in [3.05, 3.63) is 117 Å². The van der Waals surface area contributed by atoms with Crippen LogP contribution in [0.1, 0.15) is 22.5 Å². The Kier molecular flexibility index (Phi) is 8.85. The van der Waals surface area contributed by atoms with E-state index in [0.29, 0.717) is 37.4 Å². The van der Waals surface area contributed by atoms with Gasteiger partial charge in [-0.2, -0.15) is 5.10 Å². The number of carbonyl (C=O) groups excluding carboxylic acids is 1. The summed E-state index contributed by atoms with van der Waals surface area (Å²) in [5.41, 5.74) is 2.35. The van der Waals surface area contributed by atoms with Crippen LogP contribution >= 0.6 is 35.0 Å². The van der Waals surface area contributed by atoms with Crippen LogP contribution in [0.3, 0.4) is 0 Å². The van der Waals surface area contributed by atoms with E-state index in [4.69, 9.17) is 37.1 Å². The zero-order valence-electron chi connectivity index (χ0n) is 21.2. The number of hydrogen-bond acceptors (Lipinski definition) is 8. The minimum Gasteiger partial charge on any atom is -0.493 e. The van der Waals surface area contributed by atoms with Crippen molar-refractivity contribution < 1.29 is 18.7 Å². The van der Waals surface area contributed by atoms with Crippen LogP contribution in [0, 0.1) is 0 Å². The lowest BCUT2D eigenvalue weighted by molar-refractivity contribution is -0.122. The number of halogens is 2. The first-order valence-corrected chi connectivity index (χ1v) is 13.6. The molecule has 1 aliphatic rings. The smallest absolute Gasteiger partial charge is 0.267 e. The van der Waals surface area contributed by atoms with Crippen molar-refractivity contribution >= 4 is 58.3 Å². The number of amidine groups is 1. The Morgan fingerprint density at radius 1 is 1.07 bits per heavy atom. The van der Waals surface area contributed by atoms with E-state index in [9.17, 15) is 4.79 Å². The highest BCUT2D eigenvalue weighted by molar-refractivity contribution is 8.18. The molecule has 1 amide bonds. The molecule has 0 radical (unpaired) electrons. The molecule has 3 heterocycles. The van der Waals surface area contributed by atoms with E-state index >= 15 is 0 Å². The van der Waals surface area contributed by atoms with Gasteiger partial charge >= 0.3 is 0 Å². The van der Waals surface area contributed by atoms with Gasteiger partial charge in [0, 0.05) is 28.0 Å². The third-order valence-corrected chi connectivity index (χ3v) is 7.28. The predicted octanol–water partition coefficient (Wildman–Crippen LogP) is 7.08. The van der Waals surface area contributed by atoms with Gasteiger partial charge in [0.25, 0.3) is 5.91 Å². The number of ether oxygens (including phenoxy) is 2. The molecule has 11 heteroatoms. The largest absolute Gasteiger partial charge is 0.493 e. The van der Waals surface area contributed by atoms with Crippen molar-refractivity contribution in [2.24, 2.45) is 10.2 Å². The summed E-state index contributed by atoms with van der Waals surface area (Å²) >= 11 is 13.5. The highest BCUT2D eigenvalue weighted by Crippen LogP contribution is 2.34. The number of amides is 1. The molecule has 0 unspecified atom stereocenters. The number of aromatic nitrogens is 1. The lowest BCUT2D eigenvalue weighted by atomic mass is 10.2. The maximum absolute atomic E-state index is 13.2. The molecule has 0 bridgehead atoms. The molecular weight excluding hydrogens is 571 g/mol. The zero-order valence-corrected chi connectivity index (χ0v) is 23.5. The second-order valence-corrected chi connectivity index (χ2v) is 10.3. The van der Waals surface area contributed by atoms with Crippen molar-refractivity contribution in [2.75, 3.05) is 7.11 Å². The molecule has 1 saturated heterocycles. The predicted molar refractivity (Wildman–Crippen MR) is 158 cm³/mol. The van der Waals surface area contributed by atoms with Crippen LogP contribution in [0.4, 0.5) is 0 Å². The fraction of sp³-hybridized carbons (Fsp3) is 0.103. The highest BCUT2D eigenvalue weighted by Gasteiger charge is 2.34. The van der Waals surface area contributed by atoms with E-state index in [1.54, 1.807) is 74.5 Å². The monoisotopic (exact) mass is 592 g/mol. The summed E-state index contributed by atoms with van der Waals surface area (Å²) in [6.45, 7) is 0.480. The summed E-state index contributed by atoms with van der Waals surface area (Å²) in [6, 6.07) is 17.9. The Morgan fingerprint density at radius 3 is 2.73 bits per heavy atom. The normalized spacial score (nSPS) is 15.5. The number of pyridine rings is 1. The molecule has 0 atom stereocenters. The second-order valence-electron chi connectivity index (χ2n) is 8.43. The van der Waals surface area contributed by atoms with Crippen molar-refractivity contribution in [1.82, 2.24) is 9.88 Å². The zero-order chi connectivity index (χ0) is 27.9. The van der Waals surface area contributed by atoms with Crippen molar-refractivity contribution in [1.29, 1.82) is 0 Å². The van der Waals surface area contributed by atoms with Crippen molar-refractivity contribution in [3.8, 4) is 11.5 Å². The Morgan fingerprint density at radius 2 is 1.98 bits per heavy atom. The molecule has 0 spiro atoms. The van der Waals surface area contributed by atoms with E-state index in [2.05, 4.69) is 15.2 Å². The third-order valence-electron chi connectivity index (χ3n) is 5.70. The van der Waals surface area contributed by atoms with E-state index < -0.39 is 0 Å². The first-order valence-electron chi connectivity index (χ1n) is 12.0. The average molecular weight is 593 g/mol. The van der Waals surface area contributed by atoms with Crippen molar-refractivity contribution in [2.45, 2.75) is 13.2 Å². The van der Waals surface area contributed by atoms with E-state index in [1.165, 1.54) is 16.7 Å². The molecular formula is C29H22Cl2N4O4S. The highest BCUT2D eigenvalue weighted by atomic mass is 35.5. The minimum atomic E-state index is -0.192.